The molecule has 2 heterocycles. The summed E-state index contributed by atoms with van der Waals surface area (Å²) in [7, 11) is 3.24. The molecule has 1 aromatic heterocycles. The maximum Gasteiger partial charge on any atom is 0.166 e. The van der Waals surface area contributed by atoms with Crippen LogP contribution < -0.4 is 0 Å². The molecule has 1 aliphatic rings. The van der Waals surface area contributed by atoms with Crippen LogP contribution in [0.2, 0.25) is 0 Å². The van der Waals surface area contributed by atoms with E-state index < -0.39 is 0 Å². The van der Waals surface area contributed by atoms with Gasteiger partial charge < -0.3 is 4.74 Å². The topological polar surface area (TPSA) is 35.0 Å². The molecule has 1 aromatic rings. The first kappa shape index (κ1) is 12.4. The van der Waals surface area contributed by atoms with Crippen LogP contribution in [0.15, 0.2) is 22.5 Å². The van der Waals surface area contributed by atoms with Crippen LogP contribution in [0.4, 0.5) is 0 Å². The normalized spacial score (nSPS) is 13.1. The summed E-state index contributed by atoms with van der Waals surface area (Å²) in [4.78, 5) is 9.20. The van der Waals surface area contributed by atoms with E-state index in [0.717, 1.165) is 15.7 Å². The largest absolute Gasteiger partial charge is 0.487 e. The van der Waals surface area contributed by atoms with Crippen molar-refractivity contribution < 1.29 is 4.74 Å². The molecular weight excluding hydrogens is 228 g/mol. The van der Waals surface area contributed by atoms with E-state index in [1.807, 2.05) is 33.0 Å². The van der Waals surface area contributed by atoms with E-state index in [-0.39, 0.29) is 0 Å². The maximum absolute atomic E-state index is 5.38. The zero-order valence-electron chi connectivity index (χ0n) is 9.06. The van der Waals surface area contributed by atoms with Crippen molar-refractivity contribution >= 4 is 27.7 Å². The van der Waals surface area contributed by atoms with Crippen molar-refractivity contribution in [1.29, 1.82) is 0 Å². The Bertz CT molecular complexity index is 342. The first-order valence-electron chi connectivity index (χ1n) is 4.89. The molecule has 82 valence electrons. The van der Waals surface area contributed by atoms with Crippen molar-refractivity contribution in [3.63, 3.8) is 0 Å². The zero-order chi connectivity index (χ0) is 11.1. The molecule has 0 aliphatic carbocycles. The van der Waals surface area contributed by atoms with Gasteiger partial charge in [-0.25, -0.2) is 9.97 Å². The Labute approximate surface area is 98.1 Å². The molecular formula is C10H14N2OS2. The highest BCUT2D eigenvalue weighted by atomic mass is 33.1. The van der Waals surface area contributed by atoms with Crippen molar-refractivity contribution in [3.05, 3.63) is 23.3 Å². The molecule has 0 saturated carbocycles. The number of rotatable bonds is 2. The maximum atomic E-state index is 5.38. The van der Waals surface area contributed by atoms with Crippen molar-refractivity contribution in [2.24, 2.45) is 0 Å². The van der Waals surface area contributed by atoms with Gasteiger partial charge in [-0.3, -0.25) is 0 Å². The van der Waals surface area contributed by atoms with Gasteiger partial charge in [0.15, 0.2) is 5.09 Å². The second kappa shape index (κ2) is 6.74. The number of aromatic nitrogens is 2. The van der Waals surface area contributed by atoms with E-state index >= 15 is 0 Å². The van der Waals surface area contributed by atoms with Crippen LogP contribution in [0.1, 0.15) is 26.5 Å². The predicted molar refractivity (Wildman–Crippen MR) is 66.4 cm³/mol. The van der Waals surface area contributed by atoms with E-state index in [2.05, 4.69) is 9.97 Å². The molecule has 15 heavy (non-hydrogen) atoms. The monoisotopic (exact) mass is 242 g/mol. The van der Waals surface area contributed by atoms with E-state index in [0.29, 0.717) is 6.61 Å². The Hall–Kier alpha value is -0.680. The van der Waals surface area contributed by atoms with Crippen LogP contribution in [0.5, 0.6) is 0 Å². The Kier molecular flexibility index (Phi) is 5.57. The fourth-order valence-electron chi connectivity index (χ4n) is 0.929. The van der Waals surface area contributed by atoms with Gasteiger partial charge in [0.2, 0.25) is 0 Å². The van der Waals surface area contributed by atoms with Crippen LogP contribution in [0.25, 0.3) is 6.08 Å². The highest BCUT2D eigenvalue weighted by Crippen LogP contribution is 2.43. The predicted octanol–water partition coefficient (Wildman–Crippen LogP) is 3.59. The number of nitrogens with zero attached hydrogens (tertiary/aromatic N) is 2. The minimum absolute atomic E-state index is 0.694. The lowest BCUT2D eigenvalue weighted by Gasteiger charge is -2.12. The molecule has 0 spiro atoms. The van der Waals surface area contributed by atoms with Crippen LogP contribution in [0.3, 0.4) is 0 Å². The van der Waals surface area contributed by atoms with Crippen LogP contribution in [0, 0.1) is 0 Å². The summed E-state index contributed by atoms with van der Waals surface area (Å²) in [6, 6.07) is 0. The lowest BCUT2D eigenvalue weighted by Crippen LogP contribution is -1.94. The molecule has 3 nitrogen and oxygen atoms in total. The molecule has 2 rings (SSSR count). The summed E-state index contributed by atoms with van der Waals surface area (Å²) >= 11 is 0. The molecule has 0 N–H and O–H groups in total. The lowest BCUT2D eigenvalue weighted by atomic mass is 10.4. The van der Waals surface area contributed by atoms with E-state index in [1.165, 1.54) is 0 Å². The second-order valence-electron chi connectivity index (χ2n) is 2.34. The SMILES string of the molecule is CC.CCOC1=Cc2ncncc2SS1. The van der Waals surface area contributed by atoms with Gasteiger partial charge in [0, 0.05) is 12.3 Å². The zero-order valence-corrected chi connectivity index (χ0v) is 10.7. The first-order chi connectivity index (χ1) is 7.40. The van der Waals surface area contributed by atoms with Gasteiger partial charge in [0.25, 0.3) is 0 Å². The molecule has 0 aromatic carbocycles. The molecule has 5 heteroatoms. The van der Waals surface area contributed by atoms with Crippen molar-refractivity contribution in [2.75, 3.05) is 6.61 Å². The molecule has 0 atom stereocenters. The lowest BCUT2D eigenvalue weighted by molar-refractivity contribution is 0.261. The quantitative estimate of drug-likeness (QED) is 0.740. The summed E-state index contributed by atoms with van der Waals surface area (Å²) in [6.07, 6.45) is 5.32. The van der Waals surface area contributed by atoms with E-state index in [9.17, 15) is 0 Å². The third kappa shape index (κ3) is 3.43. The van der Waals surface area contributed by atoms with Gasteiger partial charge in [-0.2, -0.15) is 0 Å². The summed E-state index contributed by atoms with van der Waals surface area (Å²) in [6.45, 7) is 6.67. The minimum Gasteiger partial charge on any atom is -0.487 e. The van der Waals surface area contributed by atoms with Crippen molar-refractivity contribution in [3.8, 4) is 0 Å². The molecule has 0 amide bonds. The van der Waals surface area contributed by atoms with Gasteiger partial charge in [-0.1, -0.05) is 13.8 Å². The summed E-state index contributed by atoms with van der Waals surface area (Å²) in [5.41, 5.74) is 0.946. The average Bonchev–Trinajstić information content (AvgIpc) is 2.32. The second-order valence-corrected chi connectivity index (χ2v) is 4.51. The number of fused-ring (bicyclic) bond motifs is 1. The molecule has 0 bridgehead atoms. The number of hydrogen-bond donors (Lipinski definition) is 0. The highest BCUT2D eigenvalue weighted by molar-refractivity contribution is 8.78. The Balaban J connectivity index is 0.000000531. The fourth-order valence-corrected chi connectivity index (χ4v) is 2.92. The first-order valence-corrected chi connectivity index (χ1v) is 7.04. The smallest absolute Gasteiger partial charge is 0.166 e. The summed E-state index contributed by atoms with van der Waals surface area (Å²) in [5, 5.41) is 0.915. The average molecular weight is 242 g/mol. The van der Waals surface area contributed by atoms with Gasteiger partial charge in [-0.15, -0.1) is 0 Å². The third-order valence-electron chi connectivity index (χ3n) is 1.46. The van der Waals surface area contributed by atoms with Crippen LogP contribution >= 0.6 is 21.6 Å². The molecule has 0 unspecified atom stereocenters. The molecule has 0 fully saturated rings. The van der Waals surface area contributed by atoms with Crippen molar-refractivity contribution in [1.82, 2.24) is 9.97 Å². The summed E-state index contributed by atoms with van der Waals surface area (Å²) < 4.78 is 5.38. The molecule has 0 radical (unpaired) electrons. The Morgan fingerprint density at radius 3 is 2.87 bits per heavy atom. The van der Waals surface area contributed by atoms with Gasteiger partial charge in [-0.05, 0) is 28.5 Å². The minimum atomic E-state index is 0.694. The standard InChI is InChI=1S/C8H8N2OS2.C2H6/c1-2-11-8-3-6-7(12-13-8)4-9-5-10-6;1-2/h3-5H,2H2,1H3;1-2H3. The van der Waals surface area contributed by atoms with E-state index in [1.54, 1.807) is 27.9 Å². The van der Waals surface area contributed by atoms with E-state index in [4.69, 9.17) is 4.74 Å². The number of hydrogen-bond acceptors (Lipinski definition) is 5. The highest BCUT2D eigenvalue weighted by Gasteiger charge is 2.13. The Morgan fingerprint density at radius 1 is 1.33 bits per heavy atom. The van der Waals surface area contributed by atoms with Crippen molar-refractivity contribution in [2.45, 2.75) is 25.7 Å². The van der Waals surface area contributed by atoms with Crippen LogP contribution in [-0.4, -0.2) is 16.6 Å². The Morgan fingerprint density at radius 2 is 2.13 bits per heavy atom. The fraction of sp³-hybridized carbons (Fsp3) is 0.400. The van der Waals surface area contributed by atoms with Gasteiger partial charge in [0.1, 0.15) is 6.33 Å². The van der Waals surface area contributed by atoms with Gasteiger partial charge in [0.05, 0.1) is 17.2 Å². The molecule has 0 saturated heterocycles. The summed E-state index contributed by atoms with van der Waals surface area (Å²) in [5.74, 6) is 0. The molecule has 1 aliphatic heterocycles. The van der Waals surface area contributed by atoms with Crippen LogP contribution in [-0.2, 0) is 4.74 Å². The number of ether oxygens (including phenoxy) is 1. The van der Waals surface area contributed by atoms with Gasteiger partial charge >= 0.3 is 0 Å². The third-order valence-corrected chi connectivity index (χ3v) is 3.72.